The predicted octanol–water partition coefficient (Wildman–Crippen LogP) is 7.99. The number of carbonyl (C=O) groups is 2. The third kappa shape index (κ3) is 11.8. The quantitative estimate of drug-likeness (QED) is 0.0730. The maximum absolute atomic E-state index is 13.2. The minimum Gasteiger partial charge on any atom is -0.507 e. The van der Waals surface area contributed by atoms with E-state index in [-0.39, 0.29) is 48.2 Å². The number of aromatic hydroxyl groups is 2. The Morgan fingerprint density at radius 1 is 0.583 bits per heavy atom. The Morgan fingerprint density at radius 3 is 1.15 bits per heavy atom. The van der Waals surface area contributed by atoms with E-state index in [1.807, 2.05) is 55.4 Å². The first kappa shape index (κ1) is 41.1. The van der Waals surface area contributed by atoms with Crippen LogP contribution in [-0.2, 0) is 35.3 Å². The number of carboxylic acid groups (broad SMARTS) is 2. The maximum atomic E-state index is 13.2. The topological polar surface area (TPSA) is 156 Å². The molecule has 0 heterocycles. The lowest BCUT2D eigenvalue weighted by Crippen LogP contribution is -2.44. The number of hydrogen-bond acceptors (Lipinski definition) is 6. The van der Waals surface area contributed by atoms with Crippen molar-refractivity contribution in [3.8, 4) is 11.5 Å². The number of phenolic OH excluding ortho intramolecular Hbond substituents is 2. The van der Waals surface area contributed by atoms with E-state index in [4.69, 9.17) is 0 Å². The van der Waals surface area contributed by atoms with Crippen LogP contribution in [0.2, 0.25) is 0 Å². The van der Waals surface area contributed by atoms with Gasteiger partial charge in [0.15, 0.2) is 0 Å². The summed E-state index contributed by atoms with van der Waals surface area (Å²) in [6.07, 6.45) is 2.90. The normalized spacial score (nSPS) is 14.5. The van der Waals surface area contributed by atoms with Crippen LogP contribution in [0.25, 0.3) is 0 Å². The molecule has 0 aliphatic carbocycles. The molecule has 8 nitrogen and oxygen atoms in total. The molecular weight excluding hydrogens is 608 g/mol. The molecule has 0 aliphatic heterocycles. The van der Waals surface area contributed by atoms with Crippen LogP contribution in [0.4, 0.5) is 0 Å². The molecule has 0 aliphatic rings. The van der Waals surface area contributed by atoms with Crippen LogP contribution in [0, 0.1) is 23.7 Å². The standard InChI is InChI=1S/C40H62O8/c1-24(2)14-30-18-28(19-31(38(30)46)15-25(3)4)34(22-36(42)43)40(48,12-10-9-11-13-41)35(23-37(44)45)29-20-32(16-26(5)6)39(47)33(21-29)17-27(7)8/h18-21,24-27,34-35,41,46-48H,9-17,22-23H2,1-8H3,(H,42,43)(H,44,45). The Kier molecular flexibility index (Phi) is 15.9. The summed E-state index contributed by atoms with van der Waals surface area (Å²) in [5.41, 5.74) is 1.98. The van der Waals surface area contributed by atoms with E-state index in [0.717, 1.165) is 0 Å². The van der Waals surface area contributed by atoms with Crippen molar-refractivity contribution < 1.29 is 40.2 Å². The number of carboxylic acids is 2. The molecule has 0 saturated heterocycles. The van der Waals surface area contributed by atoms with Gasteiger partial charge in [0.1, 0.15) is 11.5 Å². The van der Waals surface area contributed by atoms with E-state index in [1.54, 1.807) is 24.3 Å². The number of aliphatic hydroxyl groups is 2. The van der Waals surface area contributed by atoms with Gasteiger partial charge in [-0.15, -0.1) is 0 Å². The Balaban J connectivity index is 3.03. The lowest BCUT2D eigenvalue weighted by molar-refractivity contribution is -0.142. The second-order valence-electron chi connectivity index (χ2n) is 15.6. The second kappa shape index (κ2) is 18.6. The smallest absolute Gasteiger partial charge is 0.304 e. The molecule has 6 N–H and O–H groups in total. The number of phenols is 2. The highest BCUT2D eigenvalue weighted by Gasteiger charge is 2.47. The zero-order valence-corrected chi connectivity index (χ0v) is 30.6. The number of benzene rings is 2. The van der Waals surface area contributed by atoms with Gasteiger partial charge in [-0.1, -0.05) is 92.5 Å². The summed E-state index contributed by atoms with van der Waals surface area (Å²) in [6, 6.07) is 7.20. The van der Waals surface area contributed by atoms with Crippen molar-refractivity contribution in [3.63, 3.8) is 0 Å². The van der Waals surface area contributed by atoms with Crippen LogP contribution in [0.1, 0.15) is 139 Å². The van der Waals surface area contributed by atoms with Crippen molar-refractivity contribution in [3.05, 3.63) is 57.6 Å². The lowest BCUT2D eigenvalue weighted by atomic mass is 9.65. The summed E-state index contributed by atoms with van der Waals surface area (Å²) in [6.45, 7) is 16.3. The third-order valence-electron chi connectivity index (χ3n) is 9.10. The van der Waals surface area contributed by atoms with Gasteiger partial charge in [-0.3, -0.25) is 9.59 Å². The van der Waals surface area contributed by atoms with Crippen molar-refractivity contribution in [2.75, 3.05) is 6.61 Å². The van der Waals surface area contributed by atoms with E-state index in [1.165, 1.54) is 0 Å². The van der Waals surface area contributed by atoms with Gasteiger partial charge in [-0.25, -0.2) is 0 Å². The molecule has 48 heavy (non-hydrogen) atoms. The van der Waals surface area contributed by atoms with E-state index in [2.05, 4.69) is 0 Å². The molecule has 0 radical (unpaired) electrons. The molecule has 0 fully saturated rings. The van der Waals surface area contributed by atoms with E-state index < -0.39 is 42.2 Å². The first-order valence-corrected chi connectivity index (χ1v) is 17.8. The summed E-state index contributed by atoms with van der Waals surface area (Å²) in [5, 5.41) is 65.9. The molecule has 2 atom stereocenters. The average Bonchev–Trinajstić information content (AvgIpc) is 2.95. The second-order valence-corrected chi connectivity index (χ2v) is 15.6. The van der Waals surface area contributed by atoms with Crippen LogP contribution in [0.5, 0.6) is 11.5 Å². The fourth-order valence-corrected chi connectivity index (χ4v) is 7.16. The Bertz CT molecular complexity index is 1190. The SMILES string of the molecule is CC(C)Cc1cc(C(CC(=O)O)C(O)(CCCCCO)C(CC(=O)O)c2cc(CC(C)C)c(O)c(CC(C)C)c2)cc(CC(C)C)c1O. The zero-order valence-electron chi connectivity index (χ0n) is 30.6. The predicted molar refractivity (Wildman–Crippen MR) is 191 cm³/mol. The zero-order chi connectivity index (χ0) is 36.3. The van der Waals surface area contributed by atoms with Gasteiger partial charge in [0, 0.05) is 18.4 Å². The molecular formula is C40H62O8. The molecule has 2 aromatic rings. The van der Waals surface area contributed by atoms with Gasteiger partial charge in [0.05, 0.1) is 18.4 Å². The fraction of sp³-hybridized carbons (Fsp3) is 0.650. The summed E-state index contributed by atoms with van der Waals surface area (Å²) in [7, 11) is 0. The molecule has 0 aromatic heterocycles. The summed E-state index contributed by atoms with van der Waals surface area (Å²) in [5.74, 6) is -3.13. The van der Waals surface area contributed by atoms with Crippen LogP contribution >= 0.6 is 0 Å². The molecule has 270 valence electrons. The van der Waals surface area contributed by atoms with Gasteiger partial charge < -0.3 is 30.6 Å². The maximum Gasteiger partial charge on any atom is 0.304 e. The molecule has 0 saturated carbocycles. The fourth-order valence-electron chi connectivity index (χ4n) is 7.16. The Morgan fingerprint density at radius 2 is 0.896 bits per heavy atom. The molecule has 0 spiro atoms. The minimum atomic E-state index is -1.84. The molecule has 2 unspecified atom stereocenters. The highest BCUT2D eigenvalue weighted by molar-refractivity contribution is 5.70. The number of aliphatic carboxylic acids is 2. The van der Waals surface area contributed by atoms with Crippen molar-refractivity contribution >= 4 is 11.9 Å². The van der Waals surface area contributed by atoms with E-state index >= 15 is 0 Å². The minimum absolute atomic E-state index is 0.0281. The van der Waals surface area contributed by atoms with Gasteiger partial charge in [0.25, 0.3) is 0 Å². The molecule has 8 heteroatoms. The number of hydrogen-bond donors (Lipinski definition) is 6. The highest BCUT2D eigenvalue weighted by Crippen LogP contribution is 2.49. The molecule has 0 amide bonds. The van der Waals surface area contributed by atoms with Crippen molar-refractivity contribution in [2.45, 2.75) is 137 Å². The third-order valence-corrected chi connectivity index (χ3v) is 9.10. The van der Waals surface area contributed by atoms with E-state index in [0.29, 0.717) is 78.3 Å². The Hall–Kier alpha value is -3.10. The van der Waals surface area contributed by atoms with Gasteiger partial charge in [-0.2, -0.15) is 0 Å². The lowest BCUT2D eigenvalue weighted by Gasteiger charge is -2.43. The van der Waals surface area contributed by atoms with Crippen LogP contribution in [0.3, 0.4) is 0 Å². The number of aliphatic hydroxyl groups excluding tert-OH is 1. The van der Waals surface area contributed by atoms with Crippen molar-refractivity contribution in [1.82, 2.24) is 0 Å². The van der Waals surface area contributed by atoms with Crippen LogP contribution in [-0.4, -0.2) is 54.8 Å². The summed E-state index contributed by atoms with van der Waals surface area (Å²) >= 11 is 0. The van der Waals surface area contributed by atoms with Gasteiger partial charge >= 0.3 is 11.9 Å². The summed E-state index contributed by atoms with van der Waals surface area (Å²) < 4.78 is 0. The van der Waals surface area contributed by atoms with Crippen LogP contribution in [0.15, 0.2) is 24.3 Å². The number of rotatable bonds is 21. The Labute approximate surface area is 288 Å². The largest absolute Gasteiger partial charge is 0.507 e. The molecule has 2 rings (SSSR count). The number of unbranched alkanes of at least 4 members (excludes halogenated alkanes) is 2. The van der Waals surface area contributed by atoms with Crippen molar-refractivity contribution in [2.24, 2.45) is 23.7 Å². The van der Waals surface area contributed by atoms with Crippen LogP contribution < -0.4 is 0 Å². The highest BCUT2D eigenvalue weighted by atomic mass is 16.4. The van der Waals surface area contributed by atoms with Gasteiger partial charge in [-0.05, 0) is 95.6 Å². The first-order chi connectivity index (χ1) is 22.4. The monoisotopic (exact) mass is 670 g/mol. The molecule has 0 bridgehead atoms. The van der Waals surface area contributed by atoms with Crippen molar-refractivity contribution in [1.29, 1.82) is 0 Å². The molecule has 2 aromatic carbocycles. The average molecular weight is 671 g/mol. The van der Waals surface area contributed by atoms with E-state index in [9.17, 15) is 40.2 Å². The summed E-state index contributed by atoms with van der Waals surface area (Å²) in [4.78, 5) is 25.3. The first-order valence-electron chi connectivity index (χ1n) is 17.8. The van der Waals surface area contributed by atoms with Gasteiger partial charge in [0.2, 0.25) is 0 Å².